The summed E-state index contributed by atoms with van der Waals surface area (Å²) in [5, 5.41) is 3.79. The highest BCUT2D eigenvalue weighted by molar-refractivity contribution is 6.30. The molecule has 0 amide bonds. The van der Waals surface area contributed by atoms with E-state index < -0.39 is 0 Å². The maximum atomic E-state index is 6.01. The zero-order valence-corrected chi connectivity index (χ0v) is 11.2. The second-order valence-corrected chi connectivity index (χ2v) is 4.43. The molecule has 0 spiro atoms. The van der Waals surface area contributed by atoms with Gasteiger partial charge < -0.3 is 5.32 Å². The van der Waals surface area contributed by atoms with Gasteiger partial charge in [0.15, 0.2) is 0 Å². The summed E-state index contributed by atoms with van der Waals surface area (Å²) in [5.74, 6) is 1.48. The quantitative estimate of drug-likeness (QED) is 0.861. The molecule has 18 heavy (non-hydrogen) atoms. The third kappa shape index (κ3) is 3.17. The van der Waals surface area contributed by atoms with Crippen LogP contribution in [0.1, 0.15) is 17.0 Å². The molecule has 94 valence electrons. The zero-order chi connectivity index (χ0) is 13.0. The number of rotatable bonds is 4. The van der Waals surface area contributed by atoms with E-state index in [2.05, 4.69) is 26.3 Å². The highest BCUT2D eigenvalue weighted by atomic mass is 35.5. The molecule has 0 radical (unpaired) electrons. The first kappa shape index (κ1) is 12.8. The van der Waals surface area contributed by atoms with Crippen LogP contribution in [0.25, 0.3) is 0 Å². The van der Waals surface area contributed by atoms with Gasteiger partial charge in [-0.25, -0.2) is 9.97 Å². The summed E-state index contributed by atoms with van der Waals surface area (Å²) in [5.41, 5.74) is 2.08. The van der Waals surface area contributed by atoms with Crippen molar-refractivity contribution in [1.29, 1.82) is 0 Å². The molecule has 2 aromatic heterocycles. The third-order valence-corrected chi connectivity index (χ3v) is 3.00. The molecule has 4 nitrogen and oxygen atoms in total. The predicted octanol–water partition coefficient (Wildman–Crippen LogP) is 2.80. The average molecular weight is 263 g/mol. The summed E-state index contributed by atoms with van der Waals surface area (Å²) in [4.78, 5) is 12.5. The van der Waals surface area contributed by atoms with E-state index in [1.165, 1.54) is 5.56 Å². The van der Waals surface area contributed by atoms with Crippen molar-refractivity contribution in [2.75, 3.05) is 11.9 Å². The Morgan fingerprint density at radius 2 is 2.11 bits per heavy atom. The van der Waals surface area contributed by atoms with Crippen LogP contribution in [0.3, 0.4) is 0 Å². The number of anilines is 1. The van der Waals surface area contributed by atoms with Crippen LogP contribution in [0.15, 0.2) is 24.5 Å². The molecule has 5 heteroatoms. The Bertz CT molecular complexity index is 528. The van der Waals surface area contributed by atoms with Crippen LogP contribution in [0.4, 0.5) is 5.82 Å². The van der Waals surface area contributed by atoms with Crippen LogP contribution >= 0.6 is 11.6 Å². The molecule has 0 aliphatic rings. The maximum Gasteiger partial charge on any atom is 0.137 e. The second kappa shape index (κ2) is 5.78. The van der Waals surface area contributed by atoms with Crippen LogP contribution in [-0.2, 0) is 6.42 Å². The highest BCUT2D eigenvalue weighted by Gasteiger charge is 2.06. The highest BCUT2D eigenvalue weighted by Crippen LogP contribution is 2.19. The molecule has 0 unspecified atom stereocenters. The van der Waals surface area contributed by atoms with E-state index >= 15 is 0 Å². The molecule has 0 atom stereocenters. The van der Waals surface area contributed by atoms with Crippen LogP contribution in [0, 0.1) is 13.8 Å². The molecule has 0 fully saturated rings. The number of aryl methyl sites for hydroxylation is 1. The SMILES string of the molecule is Cc1nc(Cl)c(C)c(NCCc2cccnc2)n1. The van der Waals surface area contributed by atoms with Crippen molar-refractivity contribution in [1.82, 2.24) is 15.0 Å². The molecule has 0 saturated heterocycles. The Labute approximate surface area is 111 Å². The Morgan fingerprint density at radius 1 is 1.28 bits per heavy atom. The number of aromatic nitrogens is 3. The molecule has 0 aliphatic carbocycles. The van der Waals surface area contributed by atoms with Gasteiger partial charge in [-0.15, -0.1) is 0 Å². The van der Waals surface area contributed by atoms with Crippen LogP contribution in [0.2, 0.25) is 5.15 Å². The van der Waals surface area contributed by atoms with Crippen LogP contribution in [0.5, 0.6) is 0 Å². The van der Waals surface area contributed by atoms with Gasteiger partial charge in [-0.3, -0.25) is 4.98 Å². The van der Waals surface area contributed by atoms with Gasteiger partial charge in [0.1, 0.15) is 16.8 Å². The molecule has 2 aromatic rings. The molecule has 1 N–H and O–H groups in total. The maximum absolute atomic E-state index is 6.01. The Morgan fingerprint density at radius 3 is 2.83 bits per heavy atom. The summed E-state index contributed by atoms with van der Waals surface area (Å²) in [6.07, 6.45) is 4.54. The summed E-state index contributed by atoms with van der Waals surface area (Å²) >= 11 is 6.01. The summed E-state index contributed by atoms with van der Waals surface area (Å²) in [6.45, 7) is 4.53. The lowest BCUT2D eigenvalue weighted by molar-refractivity contribution is 0.964. The smallest absolute Gasteiger partial charge is 0.137 e. The van der Waals surface area contributed by atoms with E-state index in [1.807, 2.05) is 26.1 Å². The van der Waals surface area contributed by atoms with Gasteiger partial charge in [0.05, 0.1) is 0 Å². The fourth-order valence-corrected chi connectivity index (χ4v) is 1.85. The lowest BCUT2D eigenvalue weighted by Crippen LogP contribution is -2.09. The molecule has 0 aromatic carbocycles. The number of hydrogen-bond donors (Lipinski definition) is 1. The van der Waals surface area contributed by atoms with Gasteiger partial charge in [0, 0.05) is 24.5 Å². The topological polar surface area (TPSA) is 50.7 Å². The Hall–Kier alpha value is -1.68. The lowest BCUT2D eigenvalue weighted by atomic mass is 10.2. The van der Waals surface area contributed by atoms with Gasteiger partial charge in [-0.1, -0.05) is 17.7 Å². The van der Waals surface area contributed by atoms with Crippen LogP contribution in [-0.4, -0.2) is 21.5 Å². The fraction of sp³-hybridized carbons (Fsp3) is 0.308. The Kier molecular flexibility index (Phi) is 4.10. The standard InChI is InChI=1S/C13H15ClN4/c1-9-12(14)17-10(2)18-13(9)16-7-5-11-4-3-6-15-8-11/h3-4,6,8H,5,7H2,1-2H3,(H,16,17,18). The van der Waals surface area contributed by atoms with Crippen molar-refractivity contribution < 1.29 is 0 Å². The normalized spacial score (nSPS) is 10.4. The second-order valence-electron chi connectivity index (χ2n) is 4.07. The molecule has 2 heterocycles. The van der Waals surface area contributed by atoms with Crippen molar-refractivity contribution >= 4 is 17.4 Å². The lowest BCUT2D eigenvalue weighted by Gasteiger charge is -2.10. The van der Waals surface area contributed by atoms with Crippen molar-refractivity contribution in [2.45, 2.75) is 20.3 Å². The van der Waals surface area contributed by atoms with Crippen molar-refractivity contribution in [2.24, 2.45) is 0 Å². The monoisotopic (exact) mass is 262 g/mol. The molecule has 0 saturated carbocycles. The number of halogens is 1. The van der Waals surface area contributed by atoms with E-state index in [0.29, 0.717) is 11.0 Å². The fourth-order valence-electron chi connectivity index (χ4n) is 1.64. The van der Waals surface area contributed by atoms with Gasteiger partial charge in [-0.2, -0.15) is 0 Å². The summed E-state index contributed by atoms with van der Waals surface area (Å²) in [6, 6.07) is 3.99. The van der Waals surface area contributed by atoms with E-state index in [-0.39, 0.29) is 0 Å². The van der Waals surface area contributed by atoms with E-state index in [9.17, 15) is 0 Å². The molecular weight excluding hydrogens is 248 g/mol. The minimum absolute atomic E-state index is 0.506. The van der Waals surface area contributed by atoms with E-state index in [0.717, 1.165) is 24.3 Å². The Balaban J connectivity index is 1.99. The molecular formula is C13H15ClN4. The first-order valence-electron chi connectivity index (χ1n) is 5.80. The number of nitrogens with zero attached hydrogens (tertiary/aromatic N) is 3. The zero-order valence-electron chi connectivity index (χ0n) is 10.4. The van der Waals surface area contributed by atoms with Gasteiger partial charge in [0.25, 0.3) is 0 Å². The summed E-state index contributed by atoms with van der Waals surface area (Å²) in [7, 11) is 0. The number of nitrogens with one attached hydrogen (secondary N) is 1. The van der Waals surface area contributed by atoms with Gasteiger partial charge in [-0.05, 0) is 31.9 Å². The minimum atomic E-state index is 0.506. The molecule has 0 bridgehead atoms. The van der Waals surface area contributed by atoms with Gasteiger partial charge in [0.2, 0.25) is 0 Å². The minimum Gasteiger partial charge on any atom is -0.369 e. The summed E-state index contributed by atoms with van der Waals surface area (Å²) < 4.78 is 0. The first-order chi connectivity index (χ1) is 8.66. The number of hydrogen-bond acceptors (Lipinski definition) is 4. The van der Waals surface area contributed by atoms with Crippen LogP contribution < -0.4 is 5.32 Å². The van der Waals surface area contributed by atoms with Crippen molar-refractivity contribution in [3.63, 3.8) is 0 Å². The first-order valence-corrected chi connectivity index (χ1v) is 6.18. The van der Waals surface area contributed by atoms with E-state index in [4.69, 9.17) is 11.6 Å². The van der Waals surface area contributed by atoms with E-state index in [1.54, 1.807) is 6.20 Å². The molecule has 2 rings (SSSR count). The predicted molar refractivity (Wildman–Crippen MR) is 72.9 cm³/mol. The third-order valence-electron chi connectivity index (χ3n) is 2.63. The largest absolute Gasteiger partial charge is 0.369 e. The van der Waals surface area contributed by atoms with Gasteiger partial charge >= 0.3 is 0 Å². The van der Waals surface area contributed by atoms with Crippen molar-refractivity contribution in [3.05, 3.63) is 46.6 Å². The average Bonchev–Trinajstić information content (AvgIpc) is 2.36. The van der Waals surface area contributed by atoms with Crippen molar-refractivity contribution in [3.8, 4) is 0 Å². The number of pyridine rings is 1. The molecule has 0 aliphatic heterocycles.